The number of nitrogens with one attached hydrogen (secondary N) is 1. The minimum atomic E-state index is -0.833. The number of hydrogen-bond donors (Lipinski definition) is 2. The van der Waals surface area contributed by atoms with Crippen molar-refractivity contribution in [3.05, 3.63) is 87.6 Å². The van der Waals surface area contributed by atoms with Crippen molar-refractivity contribution in [3.8, 4) is 0 Å². The molecule has 128 valence electrons. The molecule has 5 nitrogen and oxygen atoms in total. The van der Waals surface area contributed by atoms with Gasteiger partial charge in [-0.2, -0.15) is 0 Å². The molecule has 1 aliphatic heterocycles. The predicted molar refractivity (Wildman–Crippen MR) is 103 cm³/mol. The molecule has 3 aromatic rings. The summed E-state index contributed by atoms with van der Waals surface area (Å²) < 4.78 is 0. The zero-order chi connectivity index (χ0) is 18.1. The molecular formula is C20H15N3O2S. The number of nitrogens with two attached hydrogens (primary N) is 1. The number of fused-ring (bicyclic) bond motifs is 1. The minimum absolute atomic E-state index is 0.284. The summed E-state index contributed by atoms with van der Waals surface area (Å²) in [6.45, 7) is 0. The number of amides is 2. The molecule has 1 aliphatic rings. The molecule has 2 amide bonds. The standard InChI is InChI=1S/C20H15N3O2S/c21-19(24)14-10-11-26-18(14)17-20(25)22-15-9-5-4-8-13(15)16(23-17)12-6-2-1-3-7-12/h1-11,17H,(H2,21,24)(H,22,25). The average Bonchev–Trinajstić information content (AvgIpc) is 3.08. The zero-order valence-electron chi connectivity index (χ0n) is 13.7. The monoisotopic (exact) mass is 361 g/mol. The number of nitrogens with zero attached hydrogens (tertiary/aromatic N) is 1. The van der Waals surface area contributed by atoms with Crippen LogP contribution in [0.3, 0.4) is 0 Å². The van der Waals surface area contributed by atoms with Crippen molar-refractivity contribution in [2.45, 2.75) is 6.04 Å². The fraction of sp³-hybridized carbons (Fsp3) is 0.0500. The van der Waals surface area contributed by atoms with E-state index in [0.29, 0.717) is 21.8 Å². The van der Waals surface area contributed by atoms with Gasteiger partial charge in [0.2, 0.25) is 5.91 Å². The molecule has 2 aromatic carbocycles. The zero-order valence-corrected chi connectivity index (χ0v) is 14.5. The first kappa shape index (κ1) is 16.2. The maximum atomic E-state index is 12.9. The van der Waals surface area contributed by atoms with Crippen LogP contribution >= 0.6 is 11.3 Å². The van der Waals surface area contributed by atoms with E-state index >= 15 is 0 Å². The molecule has 26 heavy (non-hydrogen) atoms. The number of thiophene rings is 1. The highest BCUT2D eigenvalue weighted by Crippen LogP contribution is 2.33. The van der Waals surface area contributed by atoms with Crippen LogP contribution in [-0.2, 0) is 4.79 Å². The number of rotatable bonds is 3. The van der Waals surface area contributed by atoms with Gasteiger partial charge in [-0.1, -0.05) is 48.5 Å². The molecule has 0 spiro atoms. The minimum Gasteiger partial charge on any atom is -0.366 e. The lowest BCUT2D eigenvalue weighted by atomic mass is 10.0. The van der Waals surface area contributed by atoms with Crippen LogP contribution < -0.4 is 11.1 Å². The van der Waals surface area contributed by atoms with E-state index in [1.807, 2.05) is 54.6 Å². The molecule has 2 heterocycles. The summed E-state index contributed by atoms with van der Waals surface area (Å²) in [5.41, 5.74) is 8.94. The molecule has 0 saturated heterocycles. The second-order valence-corrected chi connectivity index (χ2v) is 6.79. The second kappa shape index (κ2) is 6.57. The number of benzodiazepines with no additional fused rings is 1. The lowest BCUT2D eigenvalue weighted by Crippen LogP contribution is -2.21. The van der Waals surface area contributed by atoms with Crippen molar-refractivity contribution >= 4 is 34.6 Å². The van der Waals surface area contributed by atoms with Crippen molar-refractivity contribution in [2.75, 3.05) is 5.32 Å². The van der Waals surface area contributed by atoms with Crippen molar-refractivity contribution in [3.63, 3.8) is 0 Å². The summed E-state index contributed by atoms with van der Waals surface area (Å²) in [5.74, 6) is -0.847. The molecule has 1 aromatic heterocycles. The number of hydrogen-bond acceptors (Lipinski definition) is 4. The molecule has 0 aliphatic carbocycles. The second-order valence-electron chi connectivity index (χ2n) is 5.84. The van der Waals surface area contributed by atoms with Crippen LogP contribution in [0.25, 0.3) is 0 Å². The van der Waals surface area contributed by atoms with E-state index in [-0.39, 0.29) is 5.91 Å². The highest BCUT2D eigenvalue weighted by Gasteiger charge is 2.30. The number of primary amides is 1. The van der Waals surface area contributed by atoms with Gasteiger partial charge in [0.25, 0.3) is 5.91 Å². The first-order valence-electron chi connectivity index (χ1n) is 8.06. The Morgan fingerprint density at radius 3 is 2.54 bits per heavy atom. The molecule has 0 fully saturated rings. The Morgan fingerprint density at radius 2 is 1.77 bits per heavy atom. The highest BCUT2D eigenvalue weighted by atomic mass is 32.1. The Bertz CT molecular complexity index is 1020. The van der Waals surface area contributed by atoms with Crippen LogP contribution in [0, 0.1) is 0 Å². The normalized spacial score (nSPS) is 16.2. The van der Waals surface area contributed by atoms with Crippen LogP contribution in [0.5, 0.6) is 0 Å². The van der Waals surface area contributed by atoms with Gasteiger partial charge in [0.05, 0.1) is 21.8 Å². The molecule has 1 atom stereocenters. The van der Waals surface area contributed by atoms with Gasteiger partial charge in [0, 0.05) is 11.1 Å². The lowest BCUT2D eigenvalue weighted by molar-refractivity contribution is -0.117. The molecular weight excluding hydrogens is 346 g/mol. The van der Waals surface area contributed by atoms with Crippen molar-refractivity contribution in [2.24, 2.45) is 10.7 Å². The van der Waals surface area contributed by atoms with E-state index in [9.17, 15) is 9.59 Å². The molecule has 6 heteroatoms. The van der Waals surface area contributed by atoms with Gasteiger partial charge < -0.3 is 11.1 Å². The Kier molecular flexibility index (Phi) is 4.10. The van der Waals surface area contributed by atoms with E-state index in [0.717, 1.165) is 11.1 Å². The van der Waals surface area contributed by atoms with Gasteiger partial charge in [-0.25, -0.2) is 0 Å². The molecule has 4 rings (SSSR count). The van der Waals surface area contributed by atoms with Gasteiger partial charge >= 0.3 is 0 Å². The third-order valence-corrected chi connectivity index (χ3v) is 5.17. The van der Waals surface area contributed by atoms with Gasteiger partial charge in [-0.05, 0) is 17.5 Å². The predicted octanol–water partition coefficient (Wildman–Crippen LogP) is 3.38. The van der Waals surface area contributed by atoms with Gasteiger partial charge in [0.1, 0.15) is 0 Å². The van der Waals surface area contributed by atoms with Crippen LogP contribution in [0.1, 0.15) is 32.4 Å². The Balaban J connectivity index is 1.93. The maximum Gasteiger partial charge on any atom is 0.254 e. The van der Waals surface area contributed by atoms with E-state index in [4.69, 9.17) is 10.7 Å². The summed E-state index contributed by atoms with van der Waals surface area (Å²) in [6.07, 6.45) is 0. The Morgan fingerprint density at radius 1 is 1.04 bits per heavy atom. The Hall–Kier alpha value is -3.25. The van der Waals surface area contributed by atoms with Crippen molar-refractivity contribution in [1.82, 2.24) is 0 Å². The summed E-state index contributed by atoms with van der Waals surface area (Å²) >= 11 is 1.30. The fourth-order valence-corrected chi connectivity index (χ4v) is 3.93. The number of anilines is 1. The van der Waals surface area contributed by atoms with Gasteiger partial charge in [-0.3, -0.25) is 14.6 Å². The first-order valence-corrected chi connectivity index (χ1v) is 8.94. The number of aliphatic imine (C=N–C) groups is 1. The average molecular weight is 361 g/mol. The smallest absolute Gasteiger partial charge is 0.254 e. The van der Waals surface area contributed by atoms with E-state index in [1.54, 1.807) is 11.4 Å². The Labute approximate surface area is 154 Å². The fourth-order valence-electron chi connectivity index (χ4n) is 3.00. The van der Waals surface area contributed by atoms with Crippen LogP contribution in [-0.4, -0.2) is 17.5 Å². The summed E-state index contributed by atoms with van der Waals surface area (Å²) in [7, 11) is 0. The van der Waals surface area contributed by atoms with Crippen molar-refractivity contribution in [1.29, 1.82) is 0 Å². The lowest BCUT2D eigenvalue weighted by Gasteiger charge is -2.11. The van der Waals surface area contributed by atoms with Gasteiger partial charge in [0.15, 0.2) is 6.04 Å². The number of para-hydroxylation sites is 1. The summed E-state index contributed by atoms with van der Waals surface area (Å²) in [6, 6.07) is 18.0. The first-order chi connectivity index (χ1) is 12.6. The van der Waals surface area contributed by atoms with Crippen molar-refractivity contribution < 1.29 is 9.59 Å². The molecule has 3 N–H and O–H groups in total. The molecule has 1 unspecified atom stereocenters. The van der Waals surface area contributed by atoms with Crippen LogP contribution in [0.2, 0.25) is 0 Å². The summed E-state index contributed by atoms with van der Waals surface area (Å²) in [5, 5.41) is 4.68. The number of benzene rings is 2. The van der Waals surface area contributed by atoms with E-state index < -0.39 is 11.9 Å². The third-order valence-electron chi connectivity index (χ3n) is 4.20. The quantitative estimate of drug-likeness (QED) is 0.749. The maximum absolute atomic E-state index is 12.9. The third kappa shape index (κ3) is 2.80. The highest BCUT2D eigenvalue weighted by molar-refractivity contribution is 7.10. The largest absolute Gasteiger partial charge is 0.366 e. The van der Waals surface area contributed by atoms with Crippen LogP contribution in [0.15, 0.2) is 71.0 Å². The SMILES string of the molecule is NC(=O)c1ccsc1C1N=C(c2ccccc2)c2ccccc2NC1=O. The van der Waals surface area contributed by atoms with E-state index in [2.05, 4.69) is 5.32 Å². The van der Waals surface area contributed by atoms with Gasteiger partial charge in [-0.15, -0.1) is 11.3 Å². The van der Waals surface area contributed by atoms with E-state index in [1.165, 1.54) is 11.3 Å². The van der Waals surface area contributed by atoms with Crippen LogP contribution in [0.4, 0.5) is 5.69 Å². The summed E-state index contributed by atoms with van der Waals surface area (Å²) in [4.78, 5) is 29.9. The molecule has 0 saturated carbocycles. The molecule has 0 bridgehead atoms. The number of carbonyl (C=O) groups excluding carboxylic acids is 2. The molecule has 0 radical (unpaired) electrons. The topological polar surface area (TPSA) is 84.6 Å². The number of carbonyl (C=O) groups is 2.